The van der Waals surface area contributed by atoms with E-state index in [9.17, 15) is 4.79 Å². The molecule has 0 amide bonds. The minimum absolute atomic E-state index is 0.413. The summed E-state index contributed by atoms with van der Waals surface area (Å²) in [4.78, 5) is 10.9. The minimum atomic E-state index is -0.838. The van der Waals surface area contributed by atoms with Gasteiger partial charge in [0, 0.05) is 0 Å². The third-order valence-electron chi connectivity index (χ3n) is 3.30. The molecule has 0 fully saturated rings. The van der Waals surface area contributed by atoms with Gasteiger partial charge in [-0.05, 0) is 41.2 Å². The van der Waals surface area contributed by atoms with Crippen molar-refractivity contribution >= 4 is 12.0 Å². The van der Waals surface area contributed by atoms with E-state index in [4.69, 9.17) is 5.11 Å². The Morgan fingerprint density at radius 3 is 2.76 bits per heavy atom. The molecule has 2 nitrogen and oxygen atoms in total. The monoisotopic (exact) mass is 224 g/mol. The molecule has 0 unspecified atom stereocenters. The van der Waals surface area contributed by atoms with Gasteiger partial charge >= 0.3 is 5.97 Å². The van der Waals surface area contributed by atoms with Gasteiger partial charge < -0.3 is 5.11 Å². The van der Waals surface area contributed by atoms with Gasteiger partial charge in [0.05, 0.1) is 5.57 Å². The molecule has 2 heteroatoms. The number of aliphatic carboxylic acids is 1. The van der Waals surface area contributed by atoms with Crippen molar-refractivity contribution in [3.63, 3.8) is 0 Å². The van der Waals surface area contributed by atoms with E-state index in [0.717, 1.165) is 18.4 Å². The number of allylic oxidation sites excluding steroid dienone is 3. The summed E-state index contributed by atoms with van der Waals surface area (Å²) in [5.74, 6) is -0.838. The quantitative estimate of drug-likeness (QED) is 0.796. The van der Waals surface area contributed by atoms with E-state index in [-0.39, 0.29) is 0 Å². The highest BCUT2D eigenvalue weighted by Gasteiger charge is 2.19. The Morgan fingerprint density at radius 2 is 1.94 bits per heavy atom. The molecule has 0 radical (unpaired) electrons. The normalized spacial score (nSPS) is 17.3. The highest BCUT2D eigenvalue weighted by molar-refractivity contribution is 5.91. The van der Waals surface area contributed by atoms with Gasteiger partial charge in [0.25, 0.3) is 0 Å². The molecular formula is C15H12O2. The maximum atomic E-state index is 10.9. The third kappa shape index (κ3) is 1.72. The molecule has 0 spiro atoms. The Kier molecular flexibility index (Phi) is 2.22. The molecule has 84 valence electrons. The van der Waals surface area contributed by atoms with Crippen LogP contribution in [0.25, 0.3) is 6.08 Å². The molecular weight excluding hydrogens is 212 g/mol. The van der Waals surface area contributed by atoms with E-state index in [1.807, 2.05) is 12.1 Å². The van der Waals surface area contributed by atoms with Gasteiger partial charge in [-0.25, -0.2) is 4.79 Å². The summed E-state index contributed by atoms with van der Waals surface area (Å²) in [6.45, 7) is 0. The molecule has 3 rings (SSSR count). The second kappa shape index (κ2) is 3.74. The summed E-state index contributed by atoms with van der Waals surface area (Å²) in [5, 5.41) is 8.99. The Hall–Kier alpha value is -2.09. The summed E-state index contributed by atoms with van der Waals surface area (Å²) in [6.07, 6.45) is 7.31. The maximum Gasteiger partial charge on any atom is 0.335 e. The second-order valence-corrected chi connectivity index (χ2v) is 4.38. The van der Waals surface area contributed by atoms with Crippen molar-refractivity contribution in [3.05, 3.63) is 64.3 Å². The average molecular weight is 224 g/mol. The predicted molar refractivity (Wildman–Crippen MR) is 66.5 cm³/mol. The zero-order chi connectivity index (χ0) is 11.8. The number of fused-ring (bicyclic) bond motifs is 2. The smallest absolute Gasteiger partial charge is 0.335 e. The van der Waals surface area contributed by atoms with Crippen molar-refractivity contribution in [1.82, 2.24) is 0 Å². The lowest BCUT2D eigenvalue weighted by Gasteiger charge is -2.22. The number of carboxylic acid groups (broad SMARTS) is 1. The highest BCUT2D eigenvalue weighted by atomic mass is 16.4. The first-order chi connectivity index (χ1) is 8.24. The molecule has 0 heterocycles. The van der Waals surface area contributed by atoms with Gasteiger partial charge in [0.1, 0.15) is 0 Å². The van der Waals surface area contributed by atoms with Gasteiger partial charge in [0.2, 0.25) is 0 Å². The van der Waals surface area contributed by atoms with Crippen LogP contribution in [0.5, 0.6) is 0 Å². The van der Waals surface area contributed by atoms with Crippen molar-refractivity contribution in [2.75, 3.05) is 0 Å². The van der Waals surface area contributed by atoms with Gasteiger partial charge in [-0.1, -0.05) is 36.4 Å². The zero-order valence-electron chi connectivity index (χ0n) is 9.31. The van der Waals surface area contributed by atoms with Crippen LogP contribution in [0.4, 0.5) is 0 Å². The molecule has 2 aliphatic carbocycles. The first kappa shape index (κ1) is 10.1. The minimum Gasteiger partial charge on any atom is -0.478 e. The van der Waals surface area contributed by atoms with Crippen molar-refractivity contribution in [2.45, 2.75) is 12.8 Å². The number of hydrogen-bond donors (Lipinski definition) is 1. The van der Waals surface area contributed by atoms with Crippen molar-refractivity contribution < 1.29 is 9.90 Å². The van der Waals surface area contributed by atoms with Crippen molar-refractivity contribution in [3.8, 4) is 0 Å². The van der Waals surface area contributed by atoms with E-state index in [0.29, 0.717) is 5.57 Å². The molecule has 0 aliphatic heterocycles. The van der Waals surface area contributed by atoms with Crippen LogP contribution in [0.2, 0.25) is 0 Å². The lowest BCUT2D eigenvalue weighted by atomic mass is 9.83. The summed E-state index contributed by atoms with van der Waals surface area (Å²) in [5.41, 5.74) is 5.33. The lowest BCUT2D eigenvalue weighted by Crippen LogP contribution is -2.09. The molecule has 17 heavy (non-hydrogen) atoms. The van der Waals surface area contributed by atoms with Crippen LogP contribution in [0.15, 0.2) is 53.1 Å². The van der Waals surface area contributed by atoms with Crippen molar-refractivity contribution in [2.24, 2.45) is 0 Å². The van der Waals surface area contributed by atoms with E-state index < -0.39 is 5.97 Å². The first-order valence-corrected chi connectivity index (χ1v) is 5.67. The predicted octanol–water partition coefficient (Wildman–Crippen LogP) is 2.97. The largest absolute Gasteiger partial charge is 0.478 e. The average Bonchev–Trinajstić information content (AvgIpc) is 2.35. The Morgan fingerprint density at radius 1 is 1.12 bits per heavy atom. The van der Waals surface area contributed by atoms with Crippen LogP contribution in [0, 0.1) is 0 Å². The summed E-state index contributed by atoms with van der Waals surface area (Å²) < 4.78 is 0. The van der Waals surface area contributed by atoms with Gasteiger partial charge in [-0.2, -0.15) is 0 Å². The topological polar surface area (TPSA) is 37.3 Å². The van der Waals surface area contributed by atoms with Crippen LogP contribution in [0.1, 0.15) is 17.5 Å². The van der Waals surface area contributed by atoms with Gasteiger partial charge in [-0.15, -0.1) is 0 Å². The SMILES string of the molecule is O=C(O)C1=CCC2=Cc3ccccc3CC2=C1. The number of benzene rings is 1. The lowest BCUT2D eigenvalue weighted by molar-refractivity contribution is -0.132. The maximum absolute atomic E-state index is 10.9. The second-order valence-electron chi connectivity index (χ2n) is 4.38. The van der Waals surface area contributed by atoms with Crippen LogP contribution in [-0.2, 0) is 11.2 Å². The summed E-state index contributed by atoms with van der Waals surface area (Å²) in [7, 11) is 0. The molecule has 1 N–H and O–H groups in total. The molecule has 1 aromatic rings. The number of carbonyl (C=O) groups is 1. The Bertz CT molecular complexity index is 589. The van der Waals surface area contributed by atoms with Crippen molar-refractivity contribution in [1.29, 1.82) is 0 Å². The molecule has 0 bridgehead atoms. The van der Waals surface area contributed by atoms with Crippen LogP contribution in [-0.4, -0.2) is 11.1 Å². The number of hydrogen-bond acceptors (Lipinski definition) is 1. The number of rotatable bonds is 1. The Labute approximate surface area is 99.6 Å². The fourth-order valence-corrected chi connectivity index (χ4v) is 2.38. The molecule has 2 aliphatic rings. The van der Waals surface area contributed by atoms with Crippen LogP contribution < -0.4 is 0 Å². The standard InChI is InChI=1S/C15H12O2/c16-15(17)13-6-5-12-7-10-3-1-2-4-11(10)8-14(12)9-13/h1-4,6-7,9H,5,8H2,(H,16,17). The third-order valence-corrected chi connectivity index (χ3v) is 3.30. The first-order valence-electron chi connectivity index (χ1n) is 5.67. The molecule has 1 aromatic carbocycles. The molecule has 0 atom stereocenters. The van der Waals surface area contributed by atoms with E-state index in [2.05, 4.69) is 18.2 Å². The van der Waals surface area contributed by atoms with Crippen LogP contribution >= 0.6 is 0 Å². The van der Waals surface area contributed by atoms with E-state index >= 15 is 0 Å². The van der Waals surface area contributed by atoms with Gasteiger partial charge in [-0.3, -0.25) is 0 Å². The molecule has 0 aromatic heterocycles. The fourth-order valence-electron chi connectivity index (χ4n) is 2.38. The van der Waals surface area contributed by atoms with E-state index in [1.54, 1.807) is 12.2 Å². The zero-order valence-corrected chi connectivity index (χ0v) is 9.31. The van der Waals surface area contributed by atoms with Crippen LogP contribution in [0.3, 0.4) is 0 Å². The molecule has 0 saturated heterocycles. The molecule has 0 saturated carbocycles. The number of carboxylic acids is 1. The summed E-state index contributed by atoms with van der Waals surface area (Å²) >= 11 is 0. The van der Waals surface area contributed by atoms with E-state index in [1.165, 1.54) is 16.7 Å². The fraction of sp³-hybridized carbons (Fsp3) is 0.133. The van der Waals surface area contributed by atoms with Gasteiger partial charge in [0.15, 0.2) is 0 Å². The Balaban J connectivity index is 2.04. The summed E-state index contributed by atoms with van der Waals surface area (Å²) in [6, 6.07) is 8.26. The highest BCUT2D eigenvalue weighted by Crippen LogP contribution is 2.33.